The quantitative estimate of drug-likeness (QED) is 0.833. The Hall–Kier alpha value is -1.85. The van der Waals surface area contributed by atoms with Gasteiger partial charge in [-0.15, -0.1) is 0 Å². The Labute approximate surface area is 111 Å². The van der Waals surface area contributed by atoms with Crippen LogP contribution in [0.1, 0.15) is 22.5 Å². The van der Waals surface area contributed by atoms with Crippen LogP contribution in [0.4, 0.5) is 0 Å². The summed E-state index contributed by atoms with van der Waals surface area (Å²) in [6.45, 7) is 1.32. The van der Waals surface area contributed by atoms with Crippen molar-refractivity contribution in [3.05, 3.63) is 35.6 Å². The highest BCUT2D eigenvalue weighted by Crippen LogP contribution is 2.26. The molecule has 0 spiro atoms. The molecule has 1 heterocycles. The number of carbonyl (C=O) groups is 1. The number of hydrogen-bond acceptors (Lipinski definition) is 4. The number of benzene rings is 1. The summed E-state index contributed by atoms with van der Waals surface area (Å²) >= 11 is 0. The molecule has 0 bridgehead atoms. The molecule has 0 radical (unpaired) electrons. The van der Waals surface area contributed by atoms with E-state index in [1.165, 1.54) is 0 Å². The third-order valence-corrected chi connectivity index (χ3v) is 3.02. The van der Waals surface area contributed by atoms with Crippen LogP contribution in [0.2, 0.25) is 0 Å². The second-order valence-electron chi connectivity index (χ2n) is 4.53. The Morgan fingerprint density at radius 2 is 2.11 bits per heavy atom. The van der Waals surface area contributed by atoms with E-state index in [9.17, 15) is 9.90 Å². The van der Waals surface area contributed by atoms with E-state index in [0.717, 1.165) is 5.39 Å². The van der Waals surface area contributed by atoms with Gasteiger partial charge in [-0.25, -0.2) is 4.79 Å². The lowest BCUT2D eigenvalue weighted by atomic mass is 10.1. The Morgan fingerprint density at radius 1 is 1.37 bits per heavy atom. The Kier molecular flexibility index (Phi) is 4.19. The molecule has 0 fully saturated rings. The Morgan fingerprint density at radius 3 is 2.79 bits per heavy atom. The van der Waals surface area contributed by atoms with E-state index in [1.807, 2.05) is 30.1 Å². The van der Waals surface area contributed by atoms with E-state index in [0.29, 0.717) is 30.7 Å². The zero-order chi connectivity index (χ0) is 13.8. The van der Waals surface area contributed by atoms with Gasteiger partial charge in [-0.2, -0.15) is 0 Å². The Bertz CT molecular complexity index is 576. The number of rotatable bonds is 6. The number of aliphatic hydroxyl groups is 1. The second-order valence-corrected chi connectivity index (χ2v) is 4.53. The van der Waals surface area contributed by atoms with Crippen molar-refractivity contribution >= 4 is 16.9 Å². The fraction of sp³-hybridized carbons (Fsp3) is 0.357. The lowest BCUT2D eigenvalue weighted by Gasteiger charge is -2.15. The molecular weight excluding hydrogens is 246 g/mol. The van der Waals surface area contributed by atoms with Gasteiger partial charge in [-0.05, 0) is 19.5 Å². The normalized spacial score (nSPS) is 11.3. The summed E-state index contributed by atoms with van der Waals surface area (Å²) in [6, 6.07) is 7.30. The monoisotopic (exact) mass is 263 g/mol. The summed E-state index contributed by atoms with van der Waals surface area (Å²) in [4.78, 5) is 13.2. The SMILES string of the molecule is CN(CCCO)Cc1c(C(=O)O)oc2ccccc12. The molecule has 2 aromatic rings. The van der Waals surface area contributed by atoms with E-state index in [4.69, 9.17) is 9.52 Å². The van der Waals surface area contributed by atoms with Crippen LogP contribution < -0.4 is 0 Å². The average molecular weight is 263 g/mol. The molecule has 1 aromatic carbocycles. The van der Waals surface area contributed by atoms with Gasteiger partial charge in [0, 0.05) is 30.6 Å². The van der Waals surface area contributed by atoms with Crippen molar-refractivity contribution in [1.29, 1.82) is 0 Å². The van der Waals surface area contributed by atoms with Gasteiger partial charge in [0.1, 0.15) is 5.58 Å². The number of hydrogen-bond donors (Lipinski definition) is 2. The molecule has 0 saturated heterocycles. The van der Waals surface area contributed by atoms with E-state index < -0.39 is 5.97 Å². The lowest BCUT2D eigenvalue weighted by Crippen LogP contribution is -2.20. The van der Waals surface area contributed by atoms with Crippen molar-refractivity contribution in [1.82, 2.24) is 4.90 Å². The highest BCUT2D eigenvalue weighted by atomic mass is 16.4. The molecule has 2 rings (SSSR count). The molecule has 5 nitrogen and oxygen atoms in total. The number of fused-ring (bicyclic) bond motifs is 1. The first kappa shape index (κ1) is 13.6. The second kappa shape index (κ2) is 5.86. The van der Waals surface area contributed by atoms with Crippen LogP contribution in [0, 0.1) is 0 Å². The molecular formula is C14H17NO4. The lowest BCUT2D eigenvalue weighted by molar-refractivity contribution is 0.0662. The molecule has 0 saturated carbocycles. The topological polar surface area (TPSA) is 73.9 Å². The predicted molar refractivity (Wildman–Crippen MR) is 71.2 cm³/mol. The van der Waals surface area contributed by atoms with Crippen LogP contribution >= 0.6 is 0 Å². The van der Waals surface area contributed by atoms with E-state index >= 15 is 0 Å². The molecule has 1 aromatic heterocycles. The molecule has 2 N–H and O–H groups in total. The van der Waals surface area contributed by atoms with Crippen LogP contribution in [0.25, 0.3) is 11.0 Å². The van der Waals surface area contributed by atoms with E-state index in [1.54, 1.807) is 6.07 Å². The molecule has 0 aliphatic carbocycles. The van der Waals surface area contributed by atoms with Gasteiger partial charge >= 0.3 is 5.97 Å². The number of aromatic carboxylic acids is 1. The number of carboxylic acid groups (broad SMARTS) is 1. The van der Waals surface area contributed by atoms with Crippen molar-refractivity contribution < 1.29 is 19.4 Å². The van der Waals surface area contributed by atoms with Crippen molar-refractivity contribution in [3.63, 3.8) is 0 Å². The van der Waals surface area contributed by atoms with Crippen molar-refractivity contribution in [3.8, 4) is 0 Å². The molecule has 19 heavy (non-hydrogen) atoms. The van der Waals surface area contributed by atoms with Gasteiger partial charge < -0.3 is 19.5 Å². The predicted octanol–water partition coefficient (Wildman–Crippen LogP) is 1.95. The summed E-state index contributed by atoms with van der Waals surface area (Å²) in [5, 5.41) is 18.8. The third-order valence-electron chi connectivity index (χ3n) is 3.02. The van der Waals surface area contributed by atoms with Crippen LogP contribution in [0.5, 0.6) is 0 Å². The first-order valence-corrected chi connectivity index (χ1v) is 6.16. The molecule has 0 aliphatic rings. The number of nitrogens with zero attached hydrogens (tertiary/aromatic N) is 1. The van der Waals surface area contributed by atoms with Gasteiger partial charge in [-0.1, -0.05) is 18.2 Å². The van der Waals surface area contributed by atoms with Crippen molar-refractivity contribution in [2.24, 2.45) is 0 Å². The van der Waals surface area contributed by atoms with E-state index in [2.05, 4.69) is 0 Å². The molecule has 0 unspecified atom stereocenters. The highest BCUT2D eigenvalue weighted by Gasteiger charge is 2.20. The molecule has 102 valence electrons. The minimum Gasteiger partial charge on any atom is -0.475 e. The standard InChI is InChI=1S/C14H17NO4/c1-15(7-4-8-16)9-11-10-5-2-3-6-12(10)19-13(11)14(17)18/h2-3,5-6,16H,4,7-9H2,1H3,(H,17,18). The minimum absolute atomic E-state index is 0.00273. The van der Waals surface area contributed by atoms with Crippen LogP contribution in [0.3, 0.4) is 0 Å². The number of para-hydroxylation sites is 1. The smallest absolute Gasteiger partial charge is 0.372 e. The third kappa shape index (κ3) is 2.94. The largest absolute Gasteiger partial charge is 0.475 e. The fourth-order valence-corrected chi connectivity index (χ4v) is 2.12. The maximum absolute atomic E-state index is 11.2. The van der Waals surface area contributed by atoms with Crippen molar-refractivity contribution in [2.45, 2.75) is 13.0 Å². The maximum Gasteiger partial charge on any atom is 0.372 e. The molecule has 0 aliphatic heterocycles. The van der Waals surface area contributed by atoms with Crippen molar-refractivity contribution in [2.75, 3.05) is 20.2 Å². The summed E-state index contributed by atoms with van der Waals surface area (Å²) < 4.78 is 5.39. The zero-order valence-corrected chi connectivity index (χ0v) is 10.8. The number of furan rings is 1. The van der Waals surface area contributed by atoms with Crippen LogP contribution in [-0.2, 0) is 6.54 Å². The molecule has 0 amide bonds. The van der Waals surface area contributed by atoms with Crippen LogP contribution in [0.15, 0.2) is 28.7 Å². The minimum atomic E-state index is -1.05. The number of carboxylic acids is 1. The number of aliphatic hydroxyl groups excluding tert-OH is 1. The van der Waals surface area contributed by atoms with Crippen LogP contribution in [-0.4, -0.2) is 41.3 Å². The first-order chi connectivity index (χ1) is 9.13. The fourth-order valence-electron chi connectivity index (χ4n) is 2.12. The van der Waals surface area contributed by atoms with Gasteiger partial charge in [-0.3, -0.25) is 0 Å². The summed E-state index contributed by atoms with van der Waals surface area (Å²) in [6.07, 6.45) is 0.661. The van der Waals surface area contributed by atoms with Gasteiger partial charge in [0.15, 0.2) is 0 Å². The highest BCUT2D eigenvalue weighted by molar-refractivity contribution is 5.95. The molecule has 0 atom stereocenters. The summed E-state index contributed by atoms with van der Waals surface area (Å²) in [5.41, 5.74) is 1.27. The zero-order valence-electron chi connectivity index (χ0n) is 10.8. The van der Waals surface area contributed by atoms with Gasteiger partial charge in [0.25, 0.3) is 0 Å². The van der Waals surface area contributed by atoms with Gasteiger partial charge in [0.05, 0.1) is 0 Å². The summed E-state index contributed by atoms with van der Waals surface area (Å²) in [7, 11) is 1.89. The summed E-state index contributed by atoms with van der Waals surface area (Å²) in [5.74, 6) is -1.06. The molecule has 5 heteroatoms. The van der Waals surface area contributed by atoms with E-state index in [-0.39, 0.29) is 12.4 Å². The Balaban J connectivity index is 2.34. The maximum atomic E-state index is 11.2. The average Bonchev–Trinajstić information content (AvgIpc) is 2.76. The van der Waals surface area contributed by atoms with Gasteiger partial charge in [0.2, 0.25) is 5.76 Å². The first-order valence-electron chi connectivity index (χ1n) is 6.16.